The van der Waals surface area contributed by atoms with Crippen molar-refractivity contribution in [1.82, 2.24) is 10.2 Å². The van der Waals surface area contributed by atoms with Gasteiger partial charge in [-0.05, 0) is 48.8 Å². The maximum atomic E-state index is 6.00. The van der Waals surface area contributed by atoms with Gasteiger partial charge in [0, 0.05) is 11.1 Å². The number of rotatable bonds is 3. The number of fused-ring (bicyclic) bond motifs is 1. The first kappa shape index (κ1) is 12.3. The topological polar surface area (TPSA) is 54.7 Å². The zero-order valence-corrected chi connectivity index (χ0v) is 11.7. The highest BCUT2D eigenvalue weighted by Gasteiger charge is 2.16. The molecule has 2 aromatic rings. The van der Waals surface area contributed by atoms with Crippen molar-refractivity contribution in [3.05, 3.63) is 34.9 Å². The lowest BCUT2D eigenvalue weighted by Gasteiger charge is -2.08. The van der Waals surface area contributed by atoms with Gasteiger partial charge in [0.25, 0.3) is 0 Å². The molecule has 1 aliphatic rings. The van der Waals surface area contributed by atoms with Crippen LogP contribution in [0.15, 0.2) is 18.2 Å². The maximum absolute atomic E-state index is 6.00. The molecular formula is C16H21N3. The van der Waals surface area contributed by atoms with Crippen LogP contribution in [-0.2, 0) is 19.3 Å². The van der Waals surface area contributed by atoms with Gasteiger partial charge in [-0.25, -0.2) is 0 Å². The molecular weight excluding hydrogens is 234 g/mol. The van der Waals surface area contributed by atoms with Crippen LogP contribution in [0, 0.1) is 5.92 Å². The van der Waals surface area contributed by atoms with Crippen molar-refractivity contribution in [2.24, 2.45) is 5.92 Å². The zero-order valence-electron chi connectivity index (χ0n) is 11.7. The Hall–Kier alpha value is -1.77. The van der Waals surface area contributed by atoms with E-state index in [1.54, 1.807) is 0 Å². The van der Waals surface area contributed by atoms with E-state index in [2.05, 4.69) is 42.2 Å². The molecule has 19 heavy (non-hydrogen) atoms. The van der Waals surface area contributed by atoms with Gasteiger partial charge in [0.2, 0.25) is 0 Å². The third kappa shape index (κ3) is 2.25. The van der Waals surface area contributed by atoms with E-state index in [9.17, 15) is 0 Å². The lowest BCUT2D eigenvalue weighted by Crippen LogP contribution is -1.99. The number of benzene rings is 1. The summed E-state index contributed by atoms with van der Waals surface area (Å²) >= 11 is 0. The van der Waals surface area contributed by atoms with Gasteiger partial charge in [-0.1, -0.05) is 26.0 Å². The summed E-state index contributed by atoms with van der Waals surface area (Å²) < 4.78 is 0. The number of aryl methyl sites for hydroxylation is 2. The quantitative estimate of drug-likeness (QED) is 0.883. The van der Waals surface area contributed by atoms with E-state index in [4.69, 9.17) is 5.73 Å². The van der Waals surface area contributed by atoms with Crippen molar-refractivity contribution in [2.45, 2.75) is 39.5 Å². The van der Waals surface area contributed by atoms with Crippen molar-refractivity contribution in [3.63, 3.8) is 0 Å². The Morgan fingerprint density at radius 3 is 2.84 bits per heavy atom. The number of nitrogens with one attached hydrogen (secondary N) is 1. The highest BCUT2D eigenvalue weighted by molar-refractivity contribution is 5.69. The predicted octanol–water partition coefficient (Wildman–Crippen LogP) is 3.35. The number of hydrogen-bond acceptors (Lipinski definition) is 2. The molecule has 3 N–H and O–H groups in total. The lowest BCUT2D eigenvalue weighted by atomic mass is 9.97. The van der Waals surface area contributed by atoms with Crippen molar-refractivity contribution >= 4 is 5.82 Å². The fraction of sp³-hybridized carbons (Fsp3) is 0.438. The molecule has 3 rings (SSSR count). The van der Waals surface area contributed by atoms with Gasteiger partial charge in [0.05, 0.1) is 5.69 Å². The summed E-state index contributed by atoms with van der Waals surface area (Å²) in [5.74, 6) is 1.22. The Balaban J connectivity index is 2.02. The summed E-state index contributed by atoms with van der Waals surface area (Å²) in [6.07, 6.45) is 4.67. The molecule has 100 valence electrons. The highest BCUT2D eigenvalue weighted by Crippen LogP contribution is 2.31. The van der Waals surface area contributed by atoms with Gasteiger partial charge in [0.15, 0.2) is 0 Å². The molecule has 0 saturated carbocycles. The Morgan fingerprint density at radius 1 is 1.26 bits per heavy atom. The molecule has 1 aliphatic carbocycles. The minimum absolute atomic E-state index is 0.577. The van der Waals surface area contributed by atoms with Crippen molar-refractivity contribution < 1.29 is 0 Å². The molecule has 0 bridgehead atoms. The average Bonchev–Trinajstić information content (AvgIpc) is 2.96. The molecule has 1 heterocycles. The standard InChI is InChI=1S/C16H21N3/c1-10(2)8-14-15(18-19-16(14)17)13-7-6-11-4-3-5-12(11)9-13/h6-7,9-10H,3-5,8H2,1-2H3,(H3,17,18,19). The molecule has 0 fully saturated rings. The Bertz CT molecular complexity index is 596. The summed E-state index contributed by atoms with van der Waals surface area (Å²) in [7, 11) is 0. The summed E-state index contributed by atoms with van der Waals surface area (Å²) in [5, 5.41) is 7.30. The molecule has 0 unspecified atom stereocenters. The number of anilines is 1. The van der Waals surface area contributed by atoms with Gasteiger partial charge >= 0.3 is 0 Å². The second-order valence-electron chi connectivity index (χ2n) is 5.90. The number of H-pyrrole nitrogens is 1. The van der Waals surface area contributed by atoms with E-state index in [1.165, 1.54) is 36.0 Å². The van der Waals surface area contributed by atoms with E-state index < -0.39 is 0 Å². The first-order valence-electron chi connectivity index (χ1n) is 7.10. The van der Waals surface area contributed by atoms with E-state index >= 15 is 0 Å². The van der Waals surface area contributed by atoms with Gasteiger partial charge in [-0.3, -0.25) is 5.10 Å². The number of aromatic amines is 1. The number of aromatic nitrogens is 2. The first-order valence-corrected chi connectivity index (χ1v) is 7.10. The van der Waals surface area contributed by atoms with Crippen LogP contribution in [0.5, 0.6) is 0 Å². The van der Waals surface area contributed by atoms with E-state index in [0.717, 1.165) is 17.7 Å². The van der Waals surface area contributed by atoms with Gasteiger partial charge in [0.1, 0.15) is 5.82 Å². The summed E-state index contributed by atoms with van der Waals surface area (Å²) in [6, 6.07) is 6.76. The molecule has 0 aliphatic heterocycles. The molecule has 0 radical (unpaired) electrons. The molecule has 0 amide bonds. The predicted molar refractivity (Wildman–Crippen MR) is 79.0 cm³/mol. The third-order valence-electron chi connectivity index (χ3n) is 3.90. The normalized spacial score (nSPS) is 14.1. The fourth-order valence-corrected chi connectivity index (χ4v) is 2.96. The van der Waals surface area contributed by atoms with Crippen molar-refractivity contribution in [3.8, 4) is 11.3 Å². The second-order valence-corrected chi connectivity index (χ2v) is 5.90. The van der Waals surface area contributed by atoms with Crippen molar-refractivity contribution in [1.29, 1.82) is 0 Å². The van der Waals surface area contributed by atoms with Crippen LogP contribution in [0.3, 0.4) is 0 Å². The Kier molecular flexibility index (Phi) is 3.05. The van der Waals surface area contributed by atoms with Gasteiger partial charge < -0.3 is 5.73 Å². The number of nitrogens with two attached hydrogens (primary N) is 1. The smallest absolute Gasteiger partial charge is 0.149 e. The fourth-order valence-electron chi connectivity index (χ4n) is 2.96. The van der Waals surface area contributed by atoms with Crippen molar-refractivity contribution in [2.75, 3.05) is 5.73 Å². The van der Waals surface area contributed by atoms with Crippen LogP contribution in [0.2, 0.25) is 0 Å². The molecule has 3 nitrogen and oxygen atoms in total. The average molecular weight is 255 g/mol. The minimum atomic E-state index is 0.577. The van der Waals surface area contributed by atoms with E-state index in [0.29, 0.717) is 11.7 Å². The second kappa shape index (κ2) is 4.72. The molecule has 3 heteroatoms. The summed E-state index contributed by atoms with van der Waals surface area (Å²) in [5.41, 5.74) is 12.5. The molecule has 1 aromatic carbocycles. The van der Waals surface area contributed by atoms with Crippen LogP contribution in [0.25, 0.3) is 11.3 Å². The monoisotopic (exact) mass is 255 g/mol. The van der Waals surface area contributed by atoms with Crippen LogP contribution in [0.4, 0.5) is 5.82 Å². The molecule has 0 spiro atoms. The van der Waals surface area contributed by atoms with Crippen LogP contribution >= 0.6 is 0 Å². The lowest BCUT2D eigenvalue weighted by molar-refractivity contribution is 0.649. The summed E-state index contributed by atoms with van der Waals surface area (Å²) in [6.45, 7) is 4.41. The molecule has 0 saturated heterocycles. The first-order chi connectivity index (χ1) is 9.15. The van der Waals surface area contributed by atoms with E-state index in [1.807, 2.05) is 0 Å². The zero-order chi connectivity index (χ0) is 13.4. The SMILES string of the molecule is CC(C)Cc1c(N)n[nH]c1-c1ccc2c(c1)CCC2. The van der Waals surface area contributed by atoms with Crippen LogP contribution in [-0.4, -0.2) is 10.2 Å². The maximum Gasteiger partial charge on any atom is 0.149 e. The minimum Gasteiger partial charge on any atom is -0.382 e. The number of nitrogens with zero attached hydrogens (tertiary/aromatic N) is 1. The van der Waals surface area contributed by atoms with Crippen LogP contribution < -0.4 is 5.73 Å². The molecule has 0 atom stereocenters. The van der Waals surface area contributed by atoms with Gasteiger partial charge in [-0.2, -0.15) is 5.10 Å². The van der Waals surface area contributed by atoms with E-state index in [-0.39, 0.29) is 0 Å². The Labute approximate surface area is 114 Å². The Morgan fingerprint density at radius 2 is 2.05 bits per heavy atom. The number of nitrogen functional groups attached to an aromatic ring is 1. The molecule has 1 aromatic heterocycles. The third-order valence-corrected chi connectivity index (χ3v) is 3.90. The summed E-state index contributed by atoms with van der Waals surface area (Å²) in [4.78, 5) is 0. The highest BCUT2D eigenvalue weighted by atomic mass is 15.2. The van der Waals surface area contributed by atoms with Gasteiger partial charge in [-0.15, -0.1) is 0 Å². The number of hydrogen-bond donors (Lipinski definition) is 2. The largest absolute Gasteiger partial charge is 0.382 e. The van der Waals surface area contributed by atoms with Crippen LogP contribution in [0.1, 0.15) is 37.0 Å².